The number of aryl methyl sites for hydroxylation is 1. The lowest BCUT2D eigenvalue weighted by Gasteiger charge is -2.13. The third kappa shape index (κ3) is 3.70. The van der Waals surface area contributed by atoms with E-state index in [-0.39, 0.29) is 11.9 Å². The highest BCUT2D eigenvalue weighted by molar-refractivity contribution is 9.10. The van der Waals surface area contributed by atoms with E-state index in [0.717, 1.165) is 15.8 Å². The van der Waals surface area contributed by atoms with Gasteiger partial charge in [0.15, 0.2) is 5.75 Å². The summed E-state index contributed by atoms with van der Waals surface area (Å²) in [6.07, 6.45) is 0.788. The lowest BCUT2D eigenvalue weighted by atomic mass is 10.2. The van der Waals surface area contributed by atoms with Crippen molar-refractivity contribution in [2.75, 3.05) is 20.8 Å². The molecule has 0 aliphatic rings. The maximum Gasteiger partial charge on any atom is 0.265 e. The average molecular weight is 336 g/mol. The summed E-state index contributed by atoms with van der Waals surface area (Å²) in [5, 5.41) is 2.94. The fourth-order valence-corrected chi connectivity index (χ4v) is 3.14. The molecular formula is C12H18BrNO3S. The van der Waals surface area contributed by atoms with E-state index in [1.165, 1.54) is 11.3 Å². The molecular weight excluding hydrogens is 318 g/mol. The molecule has 0 bridgehead atoms. The van der Waals surface area contributed by atoms with Gasteiger partial charge in [0.25, 0.3) is 5.91 Å². The lowest BCUT2D eigenvalue weighted by Crippen LogP contribution is -2.33. The number of hydrogen-bond donors (Lipinski definition) is 1. The number of nitrogens with one attached hydrogen (secondary N) is 1. The summed E-state index contributed by atoms with van der Waals surface area (Å²) >= 11 is 4.85. The Hall–Kier alpha value is -0.590. The quantitative estimate of drug-likeness (QED) is 0.869. The summed E-state index contributed by atoms with van der Waals surface area (Å²) in [5.74, 6) is 0.503. The van der Waals surface area contributed by atoms with E-state index in [4.69, 9.17) is 9.47 Å². The molecule has 1 N–H and O–H groups in total. The van der Waals surface area contributed by atoms with Crippen molar-refractivity contribution in [1.29, 1.82) is 0 Å². The molecule has 0 fully saturated rings. The molecule has 1 aromatic heterocycles. The minimum absolute atomic E-state index is 0.0725. The Labute approximate surface area is 120 Å². The fourth-order valence-electron chi connectivity index (χ4n) is 1.49. The largest absolute Gasteiger partial charge is 0.494 e. The Morgan fingerprint density at radius 3 is 2.72 bits per heavy atom. The molecule has 0 saturated heterocycles. The molecule has 1 amide bonds. The molecule has 102 valence electrons. The van der Waals surface area contributed by atoms with Gasteiger partial charge in [-0.3, -0.25) is 4.79 Å². The van der Waals surface area contributed by atoms with Gasteiger partial charge in [0.05, 0.1) is 11.6 Å². The second-order valence-corrected chi connectivity index (χ2v) is 6.01. The topological polar surface area (TPSA) is 47.6 Å². The van der Waals surface area contributed by atoms with Crippen LogP contribution in [-0.4, -0.2) is 32.8 Å². The normalized spacial score (nSPS) is 12.3. The lowest BCUT2D eigenvalue weighted by molar-refractivity contribution is 0.0931. The highest BCUT2D eigenvalue weighted by Crippen LogP contribution is 2.38. The molecule has 0 spiro atoms. The molecule has 6 heteroatoms. The van der Waals surface area contributed by atoms with Gasteiger partial charge >= 0.3 is 0 Å². The van der Waals surface area contributed by atoms with Crippen molar-refractivity contribution < 1.29 is 14.3 Å². The van der Waals surface area contributed by atoms with Crippen LogP contribution in [0, 0.1) is 6.92 Å². The number of rotatable bonds is 6. The summed E-state index contributed by atoms with van der Waals surface area (Å²) in [6.45, 7) is 4.53. The molecule has 0 aliphatic heterocycles. The van der Waals surface area contributed by atoms with Crippen molar-refractivity contribution in [3.05, 3.63) is 14.2 Å². The van der Waals surface area contributed by atoms with Crippen LogP contribution in [-0.2, 0) is 4.74 Å². The number of carbonyl (C=O) groups excluding carboxylic acids is 1. The molecule has 1 heterocycles. The minimum Gasteiger partial charge on any atom is -0.494 e. The van der Waals surface area contributed by atoms with Gasteiger partial charge in [-0.2, -0.15) is 0 Å². The van der Waals surface area contributed by atoms with E-state index >= 15 is 0 Å². The number of thiophene rings is 1. The van der Waals surface area contributed by atoms with Crippen LogP contribution in [0.5, 0.6) is 5.75 Å². The van der Waals surface area contributed by atoms with Gasteiger partial charge in [-0.25, -0.2) is 0 Å². The molecule has 1 atom stereocenters. The monoisotopic (exact) mass is 335 g/mol. The van der Waals surface area contributed by atoms with Gasteiger partial charge in [-0.1, -0.05) is 0 Å². The number of methoxy groups -OCH3 is 2. The highest BCUT2D eigenvalue weighted by Gasteiger charge is 2.21. The maximum absolute atomic E-state index is 12.1. The van der Waals surface area contributed by atoms with Crippen LogP contribution in [0.25, 0.3) is 0 Å². The van der Waals surface area contributed by atoms with Gasteiger partial charge in [0, 0.05) is 24.6 Å². The van der Waals surface area contributed by atoms with Gasteiger partial charge in [0.2, 0.25) is 0 Å². The van der Waals surface area contributed by atoms with Crippen LogP contribution in [0.3, 0.4) is 0 Å². The molecule has 4 nitrogen and oxygen atoms in total. The van der Waals surface area contributed by atoms with Crippen LogP contribution in [0.1, 0.15) is 27.9 Å². The van der Waals surface area contributed by atoms with Gasteiger partial charge in [-0.05, 0) is 36.2 Å². The molecule has 0 radical (unpaired) electrons. The molecule has 18 heavy (non-hydrogen) atoms. The Bertz CT molecular complexity index is 420. The summed E-state index contributed by atoms with van der Waals surface area (Å²) in [5.41, 5.74) is 0. The standard InChI is InChI=1S/C12H18BrNO3S/c1-7(5-6-16-3)14-12(15)11-10(17-4)9(13)8(2)18-11/h7H,5-6H2,1-4H3,(H,14,15)/t7-/m1/s1. The van der Waals surface area contributed by atoms with E-state index in [1.54, 1.807) is 14.2 Å². The molecule has 1 rings (SSSR count). The minimum atomic E-state index is -0.103. The summed E-state index contributed by atoms with van der Waals surface area (Å²) in [4.78, 5) is 13.8. The van der Waals surface area contributed by atoms with Gasteiger partial charge in [-0.15, -0.1) is 11.3 Å². The first-order chi connectivity index (χ1) is 8.51. The second-order valence-electron chi connectivity index (χ2n) is 3.99. The van der Waals surface area contributed by atoms with Gasteiger partial charge < -0.3 is 14.8 Å². The van der Waals surface area contributed by atoms with E-state index in [2.05, 4.69) is 21.2 Å². The van der Waals surface area contributed by atoms with Crippen molar-refractivity contribution >= 4 is 33.2 Å². The Morgan fingerprint density at radius 2 is 2.17 bits per heavy atom. The Balaban J connectivity index is 2.75. The van der Waals surface area contributed by atoms with Crippen LogP contribution < -0.4 is 10.1 Å². The van der Waals surface area contributed by atoms with E-state index < -0.39 is 0 Å². The summed E-state index contributed by atoms with van der Waals surface area (Å²) < 4.78 is 11.1. The molecule has 1 aromatic rings. The van der Waals surface area contributed by atoms with Crippen molar-refractivity contribution in [1.82, 2.24) is 5.32 Å². The third-order valence-electron chi connectivity index (χ3n) is 2.51. The number of carbonyl (C=O) groups is 1. The molecule has 0 aromatic carbocycles. The number of hydrogen-bond acceptors (Lipinski definition) is 4. The zero-order chi connectivity index (χ0) is 13.7. The highest BCUT2D eigenvalue weighted by atomic mass is 79.9. The smallest absolute Gasteiger partial charge is 0.265 e. The SMILES string of the molecule is COCC[C@@H](C)NC(=O)c1sc(C)c(Br)c1OC. The van der Waals surface area contributed by atoms with Crippen LogP contribution in [0.15, 0.2) is 4.47 Å². The van der Waals surface area contributed by atoms with Crippen LogP contribution >= 0.6 is 27.3 Å². The van der Waals surface area contributed by atoms with Crippen molar-refractivity contribution in [2.24, 2.45) is 0 Å². The Kier molecular flexibility index (Phi) is 6.11. The third-order valence-corrected chi connectivity index (χ3v) is 4.82. The predicted molar refractivity (Wildman–Crippen MR) is 76.7 cm³/mol. The zero-order valence-electron chi connectivity index (χ0n) is 11.0. The van der Waals surface area contributed by atoms with Crippen molar-refractivity contribution in [3.8, 4) is 5.75 Å². The van der Waals surface area contributed by atoms with Crippen LogP contribution in [0.4, 0.5) is 0 Å². The molecule has 0 unspecified atom stereocenters. The van der Waals surface area contributed by atoms with Crippen molar-refractivity contribution in [3.63, 3.8) is 0 Å². The predicted octanol–water partition coefficient (Wildman–Crippen LogP) is 2.98. The number of amides is 1. The second kappa shape index (κ2) is 7.11. The first-order valence-electron chi connectivity index (χ1n) is 5.63. The maximum atomic E-state index is 12.1. The number of halogens is 1. The first kappa shape index (κ1) is 15.5. The molecule has 0 aliphatic carbocycles. The van der Waals surface area contributed by atoms with E-state index in [9.17, 15) is 4.79 Å². The Morgan fingerprint density at radius 1 is 1.50 bits per heavy atom. The van der Waals surface area contributed by atoms with E-state index in [0.29, 0.717) is 17.2 Å². The fraction of sp³-hybridized carbons (Fsp3) is 0.583. The molecule has 0 saturated carbocycles. The van der Waals surface area contributed by atoms with Crippen molar-refractivity contribution in [2.45, 2.75) is 26.3 Å². The van der Waals surface area contributed by atoms with Crippen LogP contribution in [0.2, 0.25) is 0 Å². The van der Waals surface area contributed by atoms with E-state index in [1.807, 2.05) is 13.8 Å². The summed E-state index contributed by atoms with van der Waals surface area (Å²) in [7, 11) is 3.22. The van der Waals surface area contributed by atoms with Gasteiger partial charge in [0.1, 0.15) is 4.88 Å². The first-order valence-corrected chi connectivity index (χ1v) is 7.24. The summed E-state index contributed by atoms with van der Waals surface area (Å²) in [6, 6.07) is 0.0725. The number of ether oxygens (including phenoxy) is 2. The average Bonchev–Trinajstić information content (AvgIpc) is 2.63. The zero-order valence-corrected chi connectivity index (χ0v) is 13.4.